The molecule has 0 N–H and O–H groups in total. The lowest BCUT2D eigenvalue weighted by molar-refractivity contribution is -0.122. The van der Waals surface area contributed by atoms with Crippen molar-refractivity contribution in [2.24, 2.45) is 10.8 Å². The summed E-state index contributed by atoms with van der Waals surface area (Å²) >= 11 is 0. The van der Waals surface area contributed by atoms with Crippen LogP contribution in [0.1, 0.15) is 52.5 Å². The highest BCUT2D eigenvalue weighted by Crippen LogP contribution is 2.77. The number of Topliss-reactive ketones (excluding diaryl/α,β-unsaturated/α-hetero) is 1. The van der Waals surface area contributed by atoms with E-state index in [9.17, 15) is 4.79 Å². The Bertz CT molecular complexity index is 807. The van der Waals surface area contributed by atoms with Gasteiger partial charge in [0.1, 0.15) is 11.5 Å². The van der Waals surface area contributed by atoms with Gasteiger partial charge < -0.3 is 13.9 Å². The van der Waals surface area contributed by atoms with E-state index in [0.29, 0.717) is 13.2 Å². The second kappa shape index (κ2) is 7.92. The summed E-state index contributed by atoms with van der Waals surface area (Å²) in [7, 11) is -0.281. The van der Waals surface area contributed by atoms with Gasteiger partial charge in [0, 0.05) is 10.8 Å². The molecule has 0 heterocycles. The summed E-state index contributed by atoms with van der Waals surface area (Å²) in [5.41, 5.74) is 1.57. The molecule has 2 saturated carbocycles. The van der Waals surface area contributed by atoms with Crippen LogP contribution in [0.25, 0.3) is 0 Å². The van der Waals surface area contributed by atoms with E-state index in [4.69, 9.17) is 13.9 Å². The third-order valence-electron chi connectivity index (χ3n) is 7.94. The SMILES string of the molecule is C=C(COCc1ccc(OC)cc1)[C@]12C[C@@]1(C(C)=O)CC[C@@H]2O[Si](C)(C)C(C)(C)C. The van der Waals surface area contributed by atoms with Gasteiger partial charge in [-0.3, -0.25) is 4.79 Å². The lowest BCUT2D eigenvalue weighted by atomic mass is 9.86. The van der Waals surface area contributed by atoms with Crippen molar-refractivity contribution >= 4 is 14.1 Å². The summed E-state index contributed by atoms with van der Waals surface area (Å²) < 4.78 is 18.1. The maximum absolute atomic E-state index is 12.6. The van der Waals surface area contributed by atoms with Crippen LogP contribution >= 0.6 is 0 Å². The van der Waals surface area contributed by atoms with E-state index >= 15 is 0 Å². The van der Waals surface area contributed by atoms with E-state index in [-0.39, 0.29) is 27.8 Å². The Kier molecular flexibility index (Phi) is 6.13. The summed E-state index contributed by atoms with van der Waals surface area (Å²) in [6.07, 6.45) is 2.77. The Labute approximate surface area is 183 Å². The molecule has 30 heavy (non-hydrogen) atoms. The molecule has 2 aliphatic carbocycles. The number of benzene rings is 1. The fraction of sp³-hybridized carbons (Fsp3) is 0.640. The van der Waals surface area contributed by atoms with Gasteiger partial charge in [0.15, 0.2) is 8.32 Å². The standard InChI is InChI=1S/C25H38O4Si/c1-18(15-28-16-20-9-11-21(27-6)12-10-20)25-17-24(25,19(2)26)14-13-22(25)29-30(7,8)23(3,4)5/h9-12,22H,1,13-17H2,2-8H3/t22-,24+,25-/m0/s1. The van der Waals surface area contributed by atoms with Crippen LogP contribution in [0.15, 0.2) is 36.4 Å². The first kappa shape index (κ1) is 23.2. The average Bonchev–Trinajstić information content (AvgIpc) is 3.27. The van der Waals surface area contributed by atoms with Crippen LogP contribution in [-0.2, 0) is 20.6 Å². The molecule has 0 bridgehead atoms. The smallest absolute Gasteiger partial charge is 0.192 e. The van der Waals surface area contributed by atoms with Gasteiger partial charge in [0.05, 0.1) is 26.4 Å². The zero-order valence-corrected chi connectivity index (χ0v) is 20.8. The van der Waals surface area contributed by atoms with Crippen LogP contribution in [0.4, 0.5) is 0 Å². The molecule has 166 valence electrons. The summed E-state index contributed by atoms with van der Waals surface area (Å²) in [6.45, 7) is 18.5. The fourth-order valence-corrected chi connectivity index (χ4v) is 6.31. The van der Waals surface area contributed by atoms with Crippen LogP contribution in [0, 0.1) is 10.8 Å². The molecule has 0 amide bonds. The third-order valence-corrected chi connectivity index (χ3v) is 12.4. The van der Waals surface area contributed by atoms with Crippen molar-refractivity contribution in [2.45, 2.75) is 77.8 Å². The monoisotopic (exact) mass is 430 g/mol. The highest BCUT2D eigenvalue weighted by Gasteiger charge is 2.78. The van der Waals surface area contributed by atoms with Gasteiger partial charge in [-0.2, -0.15) is 0 Å². The van der Waals surface area contributed by atoms with Crippen molar-refractivity contribution in [1.82, 2.24) is 0 Å². The minimum Gasteiger partial charge on any atom is -0.497 e. The first-order chi connectivity index (χ1) is 13.9. The molecule has 1 aromatic rings. The minimum absolute atomic E-state index is 0.0689. The first-order valence-corrected chi connectivity index (χ1v) is 13.9. The van der Waals surface area contributed by atoms with Crippen LogP contribution in [0.3, 0.4) is 0 Å². The zero-order chi connectivity index (χ0) is 22.4. The number of ether oxygens (including phenoxy) is 2. The highest BCUT2D eigenvalue weighted by atomic mass is 28.4. The van der Waals surface area contributed by atoms with Crippen LogP contribution in [0.5, 0.6) is 5.75 Å². The van der Waals surface area contributed by atoms with E-state index in [1.165, 1.54) is 0 Å². The molecule has 0 spiro atoms. The minimum atomic E-state index is -1.94. The number of hydrogen-bond donors (Lipinski definition) is 0. The Morgan fingerprint density at radius 3 is 2.37 bits per heavy atom. The van der Waals surface area contributed by atoms with Crippen molar-refractivity contribution in [3.63, 3.8) is 0 Å². The molecule has 4 nitrogen and oxygen atoms in total. The van der Waals surface area contributed by atoms with Crippen LogP contribution in [-0.4, -0.2) is 33.9 Å². The Balaban J connectivity index is 1.71. The largest absolute Gasteiger partial charge is 0.497 e. The number of carbonyl (C=O) groups is 1. The average molecular weight is 431 g/mol. The maximum atomic E-state index is 12.6. The van der Waals surface area contributed by atoms with E-state index in [0.717, 1.165) is 36.1 Å². The summed E-state index contributed by atoms with van der Waals surface area (Å²) in [4.78, 5) is 12.6. The maximum Gasteiger partial charge on any atom is 0.192 e. The fourth-order valence-electron chi connectivity index (χ4n) is 4.93. The second-order valence-corrected chi connectivity index (χ2v) is 15.4. The number of fused-ring (bicyclic) bond motifs is 1. The van der Waals surface area contributed by atoms with Gasteiger partial charge >= 0.3 is 0 Å². The quantitative estimate of drug-likeness (QED) is 0.360. The molecular weight excluding hydrogens is 392 g/mol. The number of hydrogen-bond acceptors (Lipinski definition) is 4. The summed E-state index contributed by atoms with van der Waals surface area (Å²) in [6, 6.07) is 7.90. The second-order valence-electron chi connectivity index (χ2n) is 10.6. The van der Waals surface area contributed by atoms with Gasteiger partial charge in [-0.05, 0) is 67.6 Å². The molecule has 0 aliphatic heterocycles. The highest BCUT2D eigenvalue weighted by molar-refractivity contribution is 6.74. The lowest BCUT2D eigenvalue weighted by Gasteiger charge is -2.41. The lowest BCUT2D eigenvalue weighted by Crippen LogP contribution is -2.46. The Morgan fingerprint density at radius 1 is 1.23 bits per heavy atom. The van der Waals surface area contributed by atoms with Crippen LogP contribution in [0.2, 0.25) is 18.1 Å². The van der Waals surface area contributed by atoms with E-state index in [2.05, 4.69) is 40.4 Å². The van der Waals surface area contributed by atoms with E-state index in [1.807, 2.05) is 24.3 Å². The topological polar surface area (TPSA) is 44.8 Å². The normalized spacial score (nSPS) is 28.2. The molecule has 2 fully saturated rings. The predicted octanol–water partition coefficient (Wildman–Crippen LogP) is 5.92. The van der Waals surface area contributed by atoms with E-state index in [1.54, 1.807) is 14.0 Å². The van der Waals surface area contributed by atoms with Gasteiger partial charge in [-0.15, -0.1) is 0 Å². The summed E-state index contributed by atoms with van der Waals surface area (Å²) in [5.74, 6) is 1.11. The number of carbonyl (C=O) groups excluding carboxylic acids is 1. The number of ketones is 1. The predicted molar refractivity (Wildman–Crippen MR) is 123 cm³/mol. The van der Waals surface area contributed by atoms with Crippen LogP contribution < -0.4 is 4.74 Å². The van der Waals surface area contributed by atoms with Gasteiger partial charge in [0.2, 0.25) is 0 Å². The molecule has 0 radical (unpaired) electrons. The Morgan fingerprint density at radius 2 is 1.87 bits per heavy atom. The van der Waals surface area contributed by atoms with Crippen molar-refractivity contribution in [1.29, 1.82) is 0 Å². The molecule has 2 aliphatic rings. The van der Waals surface area contributed by atoms with E-state index < -0.39 is 8.32 Å². The number of methoxy groups -OCH3 is 1. The Hall–Kier alpha value is -1.43. The van der Waals surface area contributed by atoms with Crippen molar-refractivity contribution in [2.75, 3.05) is 13.7 Å². The number of rotatable bonds is 9. The van der Waals surface area contributed by atoms with Gasteiger partial charge in [-0.25, -0.2) is 0 Å². The molecular formula is C25H38O4Si. The molecule has 0 aromatic heterocycles. The molecule has 1 aromatic carbocycles. The van der Waals surface area contributed by atoms with Crippen molar-refractivity contribution in [3.05, 3.63) is 42.0 Å². The van der Waals surface area contributed by atoms with Gasteiger partial charge in [-0.1, -0.05) is 39.5 Å². The summed E-state index contributed by atoms with van der Waals surface area (Å²) in [5, 5.41) is 0.136. The molecule has 0 saturated heterocycles. The molecule has 3 rings (SSSR count). The van der Waals surface area contributed by atoms with Crippen molar-refractivity contribution < 1.29 is 18.7 Å². The van der Waals surface area contributed by atoms with Crippen molar-refractivity contribution in [3.8, 4) is 5.75 Å². The first-order valence-electron chi connectivity index (χ1n) is 11.0. The molecule has 5 heteroatoms. The van der Waals surface area contributed by atoms with Gasteiger partial charge in [0.25, 0.3) is 0 Å². The molecule has 3 atom stereocenters. The third kappa shape index (κ3) is 3.80. The molecule has 0 unspecified atom stereocenters. The zero-order valence-electron chi connectivity index (χ0n) is 19.8.